The number of halogens is 1. The highest BCUT2D eigenvalue weighted by Gasteiger charge is 2.30. The molecular formula is C12H18ClNO. The molecule has 1 fully saturated rings. The molecule has 0 unspecified atom stereocenters. The van der Waals surface area contributed by atoms with Gasteiger partial charge in [0.2, 0.25) is 0 Å². The molecule has 15 heavy (non-hydrogen) atoms. The van der Waals surface area contributed by atoms with Crippen molar-refractivity contribution in [3.63, 3.8) is 0 Å². The predicted octanol–water partition coefficient (Wildman–Crippen LogP) is 1.99. The third-order valence-corrected chi connectivity index (χ3v) is 2.99. The van der Waals surface area contributed by atoms with E-state index >= 15 is 0 Å². The normalized spacial score (nSPS) is 19.3. The van der Waals surface area contributed by atoms with Crippen LogP contribution in [-0.4, -0.2) is 18.2 Å². The maximum Gasteiger partial charge on any atom is 0.0920 e. The molecule has 0 amide bonds. The minimum absolute atomic E-state index is 0. The van der Waals surface area contributed by atoms with Crippen molar-refractivity contribution >= 4 is 12.4 Å². The number of hydrogen-bond donors (Lipinski definition) is 2. The Morgan fingerprint density at radius 2 is 1.93 bits per heavy atom. The van der Waals surface area contributed by atoms with Crippen LogP contribution < -0.4 is 5.32 Å². The van der Waals surface area contributed by atoms with Gasteiger partial charge in [-0.2, -0.15) is 0 Å². The molecule has 1 aliphatic rings. The molecule has 2 rings (SSSR count). The highest BCUT2D eigenvalue weighted by Crippen LogP contribution is 2.30. The fraction of sp³-hybridized carbons (Fsp3) is 0.500. The first-order valence-electron chi connectivity index (χ1n) is 5.21. The van der Waals surface area contributed by atoms with E-state index in [1.54, 1.807) is 0 Å². The first kappa shape index (κ1) is 12.5. The molecular weight excluding hydrogens is 210 g/mol. The van der Waals surface area contributed by atoms with Gasteiger partial charge in [0.1, 0.15) is 0 Å². The van der Waals surface area contributed by atoms with Crippen LogP contribution in [0.15, 0.2) is 24.3 Å². The molecule has 1 saturated heterocycles. The van der Waals surface area contributed by atoms with E-state index in [2.05, 4.69) is 24.4 Å². The maximum absolute atomic E-state index is 10.4. The first-order chi connectivity index (χ1) is 6.71. The van der Waals surface area contributed by atoms with E-state index in [-0.39, 0.29) is 12.4 Å². The number of benzene rings is 1. The lowest BCUT2D eigenvalue weighted by Gasteiger charge is -2.33. The zero-order valence-electron chi connectivity index (χ0n) is 8.99. The molecule has 1 aliphatic heterocycles. The fourth-order valence-electron chi connectivity index (χ4n) is 2.06. The number of piperidine rings is 1. The van der Waals surface area contributed by atoms with E-state index in [1.165, 1.54) is 5.56 Å². The molecule has 0 radical (unpaired) electrons. The van der Waals surface area contributed by atoms with Crippen LogP contribution in [0.5, 0.6) is 0 Å². The Morgan fingerprint density at radius 1 is 1.27 bits per heavy atom. The largest absolute Gasteiger partial charge is 0.385 e. The van der Waals surface area contributed by atoms with Crippen LogP contribution >= 0.6 is 12.4 Å². The van der Waals surface area contributed by atoms with E-state index in [0.29, 0.717) is 0 Å². The van der Waals surface area contributed by atoms with Gasteiger partial charge in [-0.05, 0) is 38.4 Å². The standard InChI is InChI=1S/C12H17NO.ClH/c1-10-3-2-4-11(9-10)12(14)5-7-13-8-6-12;/h2-4,9,13-14H,5-8H2,1H3;1H. The second kappa shape index (κ2) is 4.97. The molecule has 84 valence electrons. The van der Waals surface area contributed by atoms with E-state index in [1.807, 2.05) is 12.1 Å². The average molecular weight is 228 g/mol. The Kier molecular flexibility index (Phi) is 4.14. The van der Waals surface area contributed by atoms with Gasteiger partial charge in [0.05, 0.1) is 5.60 Å². The second-order valence-corrected chi connectivity index (χ2v) is 4.15. The van der Waals surface area contributed by atoms with Crippen molar-refractivity contribution in [2.45, 2.75) is 25.4 Å². The Morgan fingerprint density at radius 3 is 2.53 bits per heavy atom. The van der Waals surface area contributed by atoms with Crippen LogP contribution in [0.2, 0.25) is 0 Å². The minimum atomic E-state index is -0.600. The van der Waals surface area contributed by atoms with Gasteiger partial charge in [-0.15, -0.1) is 12.4 Å². The SMILES string of the molecule is Cc1cccc(C2(O)CCNCC2)c1.Cl. The molecule has 0 saturated carbocycles. The van der Waals surface area contributed by atoms with Crippen molar-refractivity contribution in [3.8, 4) is 0 Å². The Hall–Kier alpha value is -0.570. The third kappa shape index (κ3) is 2.71. The second-order valence-electron chi connectivity index (χ2n) is 4.15. The minimum Gasteiger partial charge on any atom is -0.385 e. The van der Waals surface area contributed by atoms with Gasteiger partial charge in [0.15, 0.2) is 0 Å². The van der Waals surface area contributed by atoms with Crippen LogP contribution in [0.1, 0.15) is 24.0 Å². The van der Waals surface area contributed by atoms with Crippen LogP contribution in [0.3, 0.4) is 0 Å². The van der Waals surface area contributed by atoms with E-state index in [4.69, 9.17) is 0 Å². The summed E-state index contributed by atoms with van der Waals surface area (Å²) in [6.45, 7) is 3.88. The Bertz CT molecular complexity index is 321. The van der Waals surface area contributed by atoms with Gasteiger partial charge in [-0.1, -0.05) is 29.8 Å². The Balaban J connectivity index is 0.00000112. The van der Waals surface area contributed by atoms with Gasteiger partial charge < -0.3 is 10.4 Å². The van der Waals surface area contributed by atoms with Gasteiger partial charge in [-0.25, -0.2) is 0 Å². The summed E-state index contributed by atoms with van der Waals surface area (Å²) in [5.41, 5.74) is 1.69. The maximum atomic E-state index is 10.4. The Labute approximate surface area is 97.1 Å². The number of hydrogen-bond acceptors (Lipinski definition) is 2. The molecule has 0 bridgehead atoms. The monoisotopic (exact) mass is 227 g/mol. The topological polar surface area (TPSA) is 32.3 Å². The summed E-state index contributed by atoms with van der Waals surface area (Å²) in [7, 11) is 0. The average Bonchev–Trinajstić information content (AvgIpc) is 2.19. The summed E-state index contributed by atoms with van der Waals surface area (Å²) >= 11 is 0. The van der Waals surface area contributed by atoms with Gasteiger partial charge in [0.25, 0.3) is 0 Å². The first-order valence-corrected chi connectivity index (χ1v) is 5.21. The predicted molar refractivity (Wildman–Crippen MR) is 64.4 cm³/mol. The number of aryl methyl sites for hydroxylation is 1. The quantitative estimate of drug-likeness (QED) is 0.769. The van der Waals surface area contributed by atoms with Gasteiger partial charge >= 0.3 is 0 Å². The molecule has 0 atom stereocenters. The molecule has 0 spiro atoms. The van der Waals surface area contributed by atoms with Crippen LogP contribution in [0.4, 0.5) is 0 Å². The zero-order chi connectivity index (χ0) is 10.0. The van der Waals surface area contributed by atoms with Crippen molar-refractivity contribution in [3.05, 3.63) is 35.4 Å². The summed E-state index contributed by atoms with van der Waals surface area (Å²) in [5, 5.41) is 13.7. The van der Waals surface area contributed by atoms with Crippen molar-refractivity contribution in [1.82, 2.24) is 5.32 Å². The smallest absolute Gasteiger partial charge is 0.0920 e. The summed E-state index contributed by atoms with van der Waals surface area (Å²) in [6, 6.07) is 8.20. The number of aliphatic hydroxyl groups is 1. The molecule has 0 aliphatic carbocycles. The summed E-state index contributed by atoms with van der Waals surface area (Å²) in [6.07, 6.45) is 1.63. The zero-order valence-corrected chi connectivity index (χ0v) is 9.81. The highest BCUT2D eigenvalue weighted by molar-refractivity contribution is 5.85. The van der Waals surface area contributed by atoms with Gasteiger partial charge in [-0.3, -0.25) is 0 Å². The lowest BCUT2D eigenvalue weighted by atomic mass is 9.84. The van der Waals surface area contributed by atoms with E-state index < -0.39 is 5.60 Å². The van der Waals surface area contributed by atoms with Crippen molar-refractivity contribution in [2.75, 3.05) is 13.1 Å². The van der Waals surface area contributed by atoms with Crippen LogP contribution in [0.25, 0.3) is 0 Å². The van der Waals surface area contributed by atoms with Crippen LogP contribution in [0, 0.1) is 6.92 Å². The number of nitrogens with one attached hydrogen (secondary N) is 1. The lowest BCUT2D eigenvalue weighted by Crippen LogP contribution is -2.39. The molecule has 1 heterocycles. The molecule has 1 aromatic rings. The van der Waals surface area contributed by atoms with Crippen molar-refractivity contribution < 1.29 is 5.11 Å². The molecule has 2 N–H and O–H groups in total. The molecule has 3 heteroatoms. The summed E-state index contributed by atoms with van der Waals surface area (Å²) < 4.78 is 0. The molecule has 0 aromatic heterocycles. The fourth-order valence-corrected chi connectivity index (χ4v) is 2.06. The lowest BCUT2D eigenvalue weighted by molar-refractivity contribution is 0.00589. The highest BCUT2D eigenvalue weighted by atomic mass is 35.5. The summed E-state index contributed by atoms with van der Waals surface area (Å²) in [4.78, 5) is 0. The summed E-state index contributed by atoms with van der Waals surface area (Å²) in [5.74, 6) is 0. The van der Waals surface area contributed by atoms with E-state index in [0.717, 1.165) is 31.5 Å². The molecule has 1 aromatic carbocycles. The number of rotatable bonds is 1. The van der Waals surface area contributed by atoms with Crippen molar-refractivity contribution in [1.29, 1.82) is 0 Å². The van der Waals surface area contributed by atoms with Crippen LogP contribution in [-0.2, 0) is 5.60 Å². The third-order valence-electron chi connectivity index (χ3n) is 2.99. The van der Waals surface area contributed by atoms with Crippen molar-refractivity contribution in [2.24, 2.45) is 0 Å². The van der Waals surface area contributed by atoms with Gasteiger partial charge in [0, 0.05) is 0 Å². The van der Waals surface area contributed by atoms with E-state index in [9.17, 15) is 5.11 Å². The molecule has 2 nitrogen and oxygen atoms in total.